The largest absolute Gasteiger partial charge is 0.378 e. The molecule has 142 valence electrons. The third kappa shape index (κ3) is 4.22. The average molecular weight is 387 g/mol. The lowest BCUT2D eigenvalue weighted by atomic mass is 9.86. The summed E-state index contributed by atoms with van der Waals surface area (Å²) in [7, 11) is 0. The first-order valence-electron chi connectivity index (χ1n) is 9.39. The molecule has 0 saturated carbocycles. The lowest BCUT2D eigenvalue weighted by Crippen LogP contribution is -2.38. The second-order valence-electron chi connectivity index (χ2n) is 6.99. The van der Waals surface area contributed by atoms with Gasteiger partial charge in [0, 0.05) is 42.5 Å². The molecule has 1 aromatic carbocycles. The molecule has 6 nitrogen and oxygen atoms in total. The number of ether oxygens (including phenoxy) is 1. The second kappa shape index (κ2) is 8.23. The molecule has 1 aliphatic heterocycles. The van der Waals surface area contributed by atoms with Gasteiger partial charge in [0.2, 0.25) is 11.9 Å². The van der Waals surface area contributed by atoms with Gasteiger partial charge in [-0.1, -0.05) is 29.8 Å². The van der Waals surface area contributed by atoms with Crippen molar-refractivity contribution in [3.8, 4) is 0 Å². The van der Waals surface area contributed by atoms with Crippen LogP contribution in [0.2, 0.25) is 5.02 Å². The highest BCUT2D eigenvalue weighted by Gasteiger charge is 2.27. The van der Waals surface area contributed by atoms with Gasteiger partial charge >= 0.3 is 0 Å². The van der Waals surface area contributed by atoms with E-state index >= 15 is 0 Å². The van der Waals surface area contributed by atoms with Crippen molar-refractivity contribution in [3.05, 3.63) is 52.3 Å². The predicted molar refractivity (Wildman–Crippen MR) is 104 cm³/mol. The normalized spacial score (nSPS) is 19.4. The van der Waals surface area contributed by atoms with Crippen LogP contribution >= 0.6 is 11.6 Å². The zero-order valence-electron chi connectivity index (χ0n) is 15.2. The number of benzene rings is 1. The highest BCUT2D eigenvalue weighted by atomic mass is 35.5. The summed E-state index contributed by atoms with van der Waals surface area (Å²) in [6.07, 6.45) is 4.19. The quantitative estimate of drug-likeness (QED) is 0.873. The van der Waals surface area contributed by atoms with E-state index in [-0.39, 0.29) is 11.8 Å². The predicted octanol–water partition coefficient (Wildman–Crippen LogP) is 2.39. The maximum atomic E-state index is 12.6. The van der Waals surface area contributed by atoms with E-state index in [2.05, 4.69) is 15.2 Å². The molecule has 4 rings (SSSR count). The number of amides is 1. The van der Waals surface area contributed by atoms with E-state index in [9.17, 15) is 4.79 Å². The minimum absolute atomic E-state index is 0.0437. The summed E-state index contributed by atoms with van der Waals surface area (Å²) in [6.45, 7) is 3.54. The minimum Gasteiger partial charge on any atom is -0.378 e. The number of aryl methyl sites for hydroxylation is 1. The van der Waals surface area contributed by atoms with Gasteiger partial charge in [-0.05, 0) is 36.5 Å². The van der Waals surface area contributed by atoms with Crippen LogP contribution < -0.4 is 10.2 Å². The highest BCUT2D eigenvalue weighted by molar-refractivity contribution is 6.31. The summed E-state index contributed by atoms with van der Waals surface area (Å²) in [5.41, 5.74) is 3.08. The molecule has 1 saturated heterocycles. The number of fused-ring (bicyclic) bond motifs is 1. The molecule has 7 heteroatoms. The van der Waals surface area contributed by atoms with Crippen molar-refractivity contribution in [1.29, 1.82) is 0 Å². The summed E-state index contributed by atoms with van der Waals surface area (Å²) >= 11 is 6.16. The van der Waals surface area contributed by atoms with Crippen molar-refractivity contribution in [2.45, 2.75) is 25.8 Å². The van der Waals surface area contributed by atoms with Crippen molar-refractivity contribution >= 4 is 23.5 Å². The number of carbonyl (C=O) groups is 1. The number of hydrogen-bond donors (Lipinski definition) is 1. The third-order valence-corrected chi connectivity index (χ3v) is 5.58. The Hall–Kier alpha value is -2.18. The van der Waals surface area contributed by atoms with E-state index < -0.39 is 0 Å². The van der Waals surface area contributed by atoms with Gasteiger partial charge in [-0.15, -0.1) is 0 Å². The van der Waals surface area contributed by atoms with Crippen LogP contribution in [0.15, 0.2) is 30.5 Å². The maximum Gasteiger partial charge on any atom is 0.225 e. The van der Waals surface area contributed by atoms with E-state index in [1.807, 2.05) is 30.5 Å². The summed E-state index contributed by atoms with van der Waals surface area (Å²) in [5.74, 6) is 0.800. The first-order chi connectivity index (χ1) is 13.2. The molecule has 0 spiro atoms. The van der Waals surface area contributed by atoms with E-state index in [4.69, 9.17) is 21.3 Å². The van der Waals surface area contributed by atoms with Crippen LogP contribution in [-0.4, -0.2) is 42.2 Å². The number of hydrogen-bond acceptors (Lipinski definition) is 5. The summed E-state index contributed by atoms with van der Waals surface area (Å²) in [5, 5.41) is 3.69. The number of morpholine rings is 1. The zero-order chi connectivity index (χ0) is 18.6. The highest BCUT2D eigenvalue weighted by Crippen LogP contribution is 2.26. The Kier molecular flexibility index (Phi) is 5.55. The van der Waals surface area contributed by atoms with E-state index in [1.165, 1.54) is 0 Å². The maximum absolute atomic E-state index is 12.6. The smallest absolute Gasteiger partial charge is 0.225 e. The first kappa shape index (κ1) is 18.2. The molecule has 27 heavy (non-hydrogen) atoms. The fourth-order valence-corrected chi connectivity index (χ4v) is 3.81. The number of rotatable bonds is 4. The van der Waals surface area contributed by atoms with Crippen LogP contribution in [0.1, 0.15) is 23.2 Å². The van der Waals surface area contributed by atoms with Crippen LogP contribution in [0, 0.1) is 5.92 Å². The standard InChI is InChI=1S/C20H23ClN4O2/c21-17-4-2-1-3-15(17)12-22-19(26)14-5-6-18-16(11-14)13-23-20(24-18)25-7-9-27-10-8-25/h1-4,13-14H,5-12H2,(H,22,26)/t14-/m0/s1. The molecule has 0 unspecified atom stereocenters. The Balaban J connectivity index is 1.37. The molecule has 0 bridgehead atoms. The summed E-state index contributed by atoms with van der Waals surface area (Å²) in [4.78, 5) is 24.0. The molecule has 2 aromatic rings. The van der Waals surface area contributed by atoms with E-state index in [0.717, 1.165) is 48.7 Å². The number of aromatic nitrogens is 2. The molecule has 1 fully saturated rings. The number of nitrogens with zero attached hydrogens (tertiary/aromatic N) is 3. The van der Waals surface area contributed by atoms with Crippen molar-refractivity contribution in [2.75, 3.05) is 31.2 Å². The van der Waals surface area contributed by atoms with Crippen molar-refractivity contribution in [3.63, 3.8) is 0 Å². The van der Waals surface area contributed by atoms with Crippen LogP contribution in [0.25, 0.3) is 0 Å². The van der Waals surface area contributed by atoms with Gasteiger partial charge in [-0.3, -0.25) is 4.79 Å². The fraction of sp³-hybridized carbons (Fsp3) is 0.450. The third-order valence-electron chi connectivity index (χ3n) is 5.21. The number of carbonyl (C=O) groups excluding carboxylic acids is 1. The topological polar surface area (TPSA) is 67.4 Å². The van der Waals surface area contributed by atoms with Crippen LogP contribution in [0.5, 0.6) is 0 Å². The molecule has 1 amide bonds. The number of nitrogens with one attached hydrogen (secondary N) is 1. The molecule has 0 radical (unpaired) electrons. The summed E-state index contributed by atoms with van der Waals surface area (Å²) < 4.78 is 5.39. The lowest BCUT2D eigenvalue weighted by molar-refractivity contribution is -0.125. The molecule has 1 atom stereocenters. The lowest BCUT2D eigenvalue weighted by Gasteiger charge is -2.28. The molecule has 2 heterocycles. The van der Waals surface area contributed by atoms with Gasteiger partial charge in [-0.25, -0.2) is 9.97 Å². The molecular weight excluding hydrogens is 364 g/mol. The van der Waals surface area contributed by atoms with Crippen molar-refractivity contribution < 1.29 is 9.53 Å². The van der Waals surface area contributed by atoms with Crippen molar-refractivity contribution in [1.82, 2.24) is 15.3 Å². The first-order valence-corrected chi connectivity index (χ1v) is 9.77. The van der Waals surface area contributed by atoms with E-state index in [0.29, 0.717) is 31.2 Å². The molecule has 1 N–H and O–H groups in total. The minimum atomic E-state index is -0.0437. The zero-order valence-corrected chi connectivity index (χ0v) is 15.9. The Morgan fingerprint density at radius 1 is 1.30 bits per heavy atom. The van der Waals surface area contributed by atoms with Gasteiger partial charge in [0.25, 0.3) is 0 Å². The number of halogens is 1. The monoisotopic (exact) mass is 386 g/mol. The fourth-order valence-electron chi connectivity index (χ4n) is 3.60. The molecule has 1 aliphatic carbocycles. The van der Waals surface area contributed by atoms with Gasteiger partial charge in [0.15, 0.2) is 0 Å². The average Bonchev–Trinajstić information content (AvgIpc) is 2.73. The molecule has 1 aromatic heterocycles. The molecule has 2 aliphatic rings. The Morgan fingerprint density at radius 2 is 2.11 bits per heavy atom. The van der Waals surface area contributed by atoms with Crippen LogP contribution in [-0.2, 0) is 28.9 Å². The van der Waals surface area contributed by atoms with Gasteiger partial charge in [0.1, 0.15) is 0 Å². The van der Waals surface area contributed by atoms with E-state index in [1.54, 1.807) is 0 Å². The Bertz CT molecular complexity index is 823. The van der Waals surface area contributed by atoms with Gasteiger partial charge in [-0.2, -0.15) is 0 Å². The molecular formula is C20H23ClN4O2. The SMILES string of the molecule is O=C(NCc1ccccc1Cl)[C@H]1CCc2nc(N3CCOCC3)ncc2C1. The second-order valence-corrected chi connectivity index (χ2v) is 7.40. The Labute approximate surface area is 163 Å². The van der Waals surface area contributed by atoms with Crippen LogP contribution in [0.3, 0.4) is 0 Å². The summed E-state index contributed by atoms with van der Waals surface area (Å²) in [6, 6.07) is 7.58. The van der Waals surface area contributed by atoms with Crippen LogP contribution in [0.4, 0.5) is 5.95 Å². The van der Waals surface area contributed by atoms with Crippen molar-refractivity contribution in [2.24, 2.45) is 5.92 Å². The van der Waals surface area contributed by atoms with Gasteiger partial charge < -0.3 is 15.0 Å². The number of anilines is 1. The Morgan fingerprint density at radius 3 is 2.93 bits per heavy atom. The van der Waals surface area contributed by atoms with Gasteiger partial charge in [0.05, 0.1) is 13.2 Å².